The van der Waals surface area contributed by atoms with Crippen LogP contribution in [0.15, 0.2) is 24.3 Å². The average Bonchev–Trinajstić information content (AvgIpc) is 3.17. The van der Waals surface area contributed by atoms with Crippen LogP contribution in [-0.4, -0.2) is 20.6 Å². The Labute approximate surface area is 111 Å². The lowest BCUT2D eigenvalue weighted by molar-refractivity contribution is 0.415. The third-order valence-electron chi connectivity index (χ3n) is 4.40. The molecule has 1 N–H and O–H groups in total. The molecule has 2 rings (SSSR count). The van der Waals surface area contributed by atoms with Crippen molar-refractivity contribution in [2.24, 2.45) is 5.41 Å². The fourth-order valence-corrected chi connectivity index (χ4v) is 2.38. The molecule has 1 aromatic carbocycles. The summed E-state index contributed by atoms with van der Waals surface area (Å²) in [6, 6.07) is 9.31. The van der Waals surface area contributed by atoms with E-state index in [2.05, 4.69) is 62.4 Å². The Morgan fingerprint density at radius 1 is 1.22 bits per heavy atom. The van der Waals surface area contributed by atoms with Gasteiger partial charge in [0.05, 0.1) is 0 Å². The molecule has 0 aromatic heterocycles. The number of anilines is 1. The zero-order chi connectivity index (χ0) is 13.2. The van der Waals surface area contributed by atoms with E-state index in [-0.39, 0.29) is 0 Å². The van der Waals surface area contributed by atoms with Gasteiger partial charge in [-0.05, 0) is 49.3 Å². The van der Waals surface area contributed by atoms with E-state index in [9.17, 15) is 0 Å². The lowest BCUT2D eigenvalue weighted by Gasteiger charge is -2.20. The van der Waals surface area contributed by atoms with Crippen molar-refractivity contribution in [3.63, 3.8) is 0 Å². The molecule has 1 unspecified atom stereocenters. The van der Waals surface area contributed by atoms with Crippen LogP contribution in [0.5, 0.6) is 0 Å². The van der Waals surface area contributed by atoms with Crippen molar-refractivity contribution in [1.82, 2.24) is 5.32 Å². The van der Waals surface area contributed by atoms with E-state index in [4.69, 9.17) is 0 Å². The summed E-state index contributed by atoms with van der Waals surface area (Å²) >= 11 is 0. The Kier molecular flexibility index (Phi) is 3.96. The molecule has 2 nitrogen and oxygen atoms in total. The monoisotopic (exact) mass is 246 g/mol. The van der Waals surface area contributed by atoms with Crippen LogP contribution < -0.4 is 10.2 Å². The SMILES string of the molecule is CCC1(CNC(C)c2ccc(N(C)C)cc2)CC1. The smallest absolute Gasteiger partial charge is 0.0361 e. The fraction of sp³-hybridized carbons (Fsp3) is 0.625. The fourth-order valence-electron chi connectivity index (χ4n) is 2.38. The Morgan fingerprint density at radius 2 is 1.83 bits per heavy atom. The largest absolute Gasteiger partial charge is 0.378 e. The minimum Gasteiger partial charge on any atom is -0.378 e. The first-order chi connectivity index (χ1) is 8.56. The second-order valence-electron chi connectivity index (χ2n) is 5.94. The summed E-state index contributed by atoms with van der Waals surface area (Å²) in [5.41, 5.74) is 3.27. The number of benzene rings is 1. The highest BCUT2D eigenvalue weighted by Crippen LogP contribution is 2.48. The summed E-state index contributed by atoms with van der Waals surface area (Å²) in [5, 5.41) is 3.69. The lowest BCUT2D eigenvalue weighted by Crippen LogP contribution is -2.26. The van der Waals surface area contributed by atoms with Crippen molar-refractivity contribution in [1.29, 1.82) is 0 Å². The van der Waals surface area contributed by atoms with Gasteiger partial charge in [0.15, 0.2) is 0 Å². The van der Waals surface area contributed by atoms with Crippen molar-refractivity contribution in [3.8, 4) is 0 Å². The summed E-state index contributed by atoms with van der Waals surface area (Å²) in [5.74, 6) is 0. The Balaban J connectivity index is 1.90. The predicted octanol–water partition coefficient (Wildman–Crippen LogP) is 3.59. The number of hydrogen-bond acceptors (Lipinski definition) is 2. The van der Waals surface area contributed by atoms with E-state index in [1.54, 1.807) is 0 Å². The van der Waals surface area contributed by atoms with Crippen LogP contribution >= 0.6 is 0 Å². The normalized spacial score (nSPS) is 18.4. The lowest BCUT2D eigenvalue weighted by atomic mass is 10.0. The minimum atomic E-state index is 0.449. The molecule has 0 radical (unpaired) electrons. The first-order valence-electron chi connectivity index (χ1n) is 7.07. The van der Waals surface area contributed by atoms with Crippen LogP contribution in [0.2, 0.25) is 0 Å². The van der Waals surface area contributed by atoms with Crippen molar-refractivity contribution in [2.45, 2.75) is 39.2 Å². The Bertz CT molecular complexity index is 377. The molecule has 18 heavy (non-hydrogen) atoms. The van der Waals surface area contributed by atoms with Gasteiger partial charge in [0.1, 0.15) is 0 Å². The molecular weight excluding hydrogens is 220 g/mol. The Hall–Kier alpha value is -1.02. The molecule has 0 bridgehead atoms. The van der Waals surface area contributed by atoms with Crippen molar-refractivity contribution >= 4 is 5.69 Å². The van der Waals surface area contributed by atoms with Crippen molar-refractivity contribution < 1.29 is 0 Å². The molecular formula is C16H26N2. The van der Waals surface area contributed by atoms with E-state index >= 15 is 0 Å². The van der Waals surface area contributed by atoms with Crippen LogP contribution in [0.25, 0.3) is 0 Å². The van der Waals surface area contributed by atoms with E-state index in [0.29, 0.717) is 11.5 Å². The number of nitrogens with zero attached hydrogens (tertiary/aromatic N) is 1. The molecule has 0 spiro atoms. The highest BCUT2D eigenvalue weighted by Gasteiger charge is 2.40. The highest BCUT2D eigenvalue weighted by molar-refractivity contribution is 5.46. The zero-order valence-corrected chi connectivity index (χ0v) is 12.2. The molecule has 1 saturated carbocycles. The van der Waals surface area contributed by atoms with Gasteiger partial charge in [-0.15, -0.1) is 0 Å². The van der Waals surface area contributed by atoms with Crippen LogP contribution in [0.3, 0.4) is 0 Å². The third kappa shape index (κ3) is 3.05. The van der Waals surface area contributed by atoms with Gasteiger partial charge in [-0.25, -0.2) is 0 Å². The van der Waals surface area contributed by atoms with E-state index in [1.807, 2.05) is 0 Å². The maximum absolute atomic E-state index is 3.69. The Morgan fingerprint density at radius 3 is 2.28 bits per heavy atom. The van der Waals surface area contributed by atoms with Gasteiger partial charge in [-0.3, -0.25) is 0 Å². The first-order valence-corrected chi connectivity index (χ1v) is 7.07. The molecule has 0 aliphatic heterocycles. The van der Waals surface area contributed by atoms with Gasteiger partial charge in [-0.1, -0.05) is 19.1 Å². The maximum Gasteiger partial charge on any atom is 0.0361 e. The standard InChI is InChI=1S/C16H26N2/c1-5-16(10-11-16)12-17-13(2)14-6-8-15(9-7-14)18(3)4/h6-9,13,17H,5,10-12H2,1-4H3. The molecule has 0 heterocycles. The average molecular weight is 246 g/mol. The molecule has 1 fully saturated rings. The molecule has 1 aromatic rings. The number of hydrogen-bond donors (Lipinski definition) is 1. The summed E-state index contributed by atoms with van der Waals surface area (Å²) < 4.78 is 0. The van der Waals surface area contributed by atoms with Crippen LogP contribution in [-0.2, 0) is 0 Å². The van der Waals surface area contributed by atoms with Gasteiger partial charge in [0.25, 0.3) is 0 Å². The first kappa shape index (κ1) is 13.4. The summed E-state index contributed by atoms with van der Waals surface area (Å²) in [7, 11) is 4.16. The highest BCUT2D eigenvalue weighted by atomic mass is 15.1. The summed E-state index contributed by atoms with van der Waals surface area (Å²) in [6.45, 7) is 5.74. The topological polar surface area (TPSA) is 15.3 Å². The van der Waals surface area contributed by atoms with E-state index in [1.165, 1.54) is 37.1 Å². The second-order valence-corrected chi connectivity index (χ2v) is 5.94. The maximum atomic E-state index is 3.69. The van der Waals surface area contributed by atoms with Crippen molar-refractivity contribution in [3.05, 3.63) is 29.8 Å². The van der Waals surface area contributed by atoms with Gasteiger partial charge < -0.3 is 10.2 Å². The molecule has 2 heteroatoms. The molecule has 0 amide bonds. The summed E-state index contributed by atoms with van der Waals surface area (Å²) in [6.07, 6.45) is 4.12. The van der Waals surface area contributed by atoms with Gasteiger partial charge in [0.2, 0.25) is 0 Å². The quantitative estimate of drug-likeness (QED) is 0.825. The molecule has 100 valence electrons. The van der Waals surface area contributed by atoms with Crippen LogP contribution in [0.4, 0.5) is 5.69 Å². The second kappa shape index (κ2) is 5.31. The summed E-state index contributed by atoms with van der Waals surface area (Å²) in [4.78, 5) is 2.14. The van der Waals surface area contributed by atoms with Crippen LogP contribution in [0.1, 0.15) is 44.7 Å². The van der Waals surface area contributed by atoms with Gasteiger partial charge in [-0.2, -0.15) is 0 Å². The molecule has 0 saturated heterocycles. The van der Waals surface area contributed by atoms with E-state index in [0.717, 1.165) is 0 Å². The number of rotatable bonds is 6. The van der Waals surface area contributed by atoms with Gasteiger partial charge in [0, 0.05) is 32.4 Å². The molecule has 1 aliphatic rings. The number of nitrogens with one attached hydrogen (secondary N) is 1. The van der Waals surface area contributed by atoms with Crippen molar-refractivity contribution in [2.75, 3.05) is 25.5 Å². The minimum absolute atomic E-state index is 0.449. The zero-order valence-electron chi connectivity index (χ0n) is 12.2. The molecule has 1 aliphatic carbocycles. The van der Waals surface area contributed by atoms with E-state index < -0.39 is 0 Å². The van der Waals surface area contributed by atoms with Gasteiger partial charge >= 0.3 is 0 Å². The third-order valence-corrected chi connectivity index (χ3v) is 4.40. The molecule has 1 atom stereocenters. The predicted molar refractivity (Wildman–Crippen MR) is 79.1 cm³/mol. The van der Waals surface area contributed by atoms with Crippen LogP contribution in [0, 0.1) is 5.41 Å².